The molecule has 110 valence electrons. The van der Waals surface area contributed by atoms with Crippen LogP contribution in [0.1, 0.15) is 25.8 Å². The van der Waals surface area contributed by atoms with Crippen molar-refractivity contribution in [2.75, 3.05) is 17.3 Å². The summed E-state index contributed by atoms with van der Waals surface area (Å²) in [6.45, 7) is 4.02. The van der Waals surface area contributed by atoms with E-state index in [1.54, 1.807) is 12.1 Å². The fourth-order valence-electron chi connectivity index (χ4n) is 1.60. The minimum atomic E-state index is -3.47. The maximum Gasteiger partial charge on any atom is 0.179 e. The summed E-state index contributed by atoms with van der Waals surface area (Å²) in [7, 11) is -4.60. The Hall–Kier alpha value is -1.19. The molecule has 2 atom stereocenters. The Kier molecular flexibility index (Phi) is 6.37. The van der Waals surface area contributed by atoms with Gasteiger partial charge >= 0.3 is 0 Å². The highest BCUT2D eigenvalue weighted by Crippen LogP contribution is 2.13. The summed E-state index contributed by atoms with van der Waals surface area (Å²) in [6, 6.07) is 7.83. The maximum absolute atomic E-state index is 12.1. The molecular formula is C14H19NO3S2. The standard InChI is InChI=1S/C14H19NO3S2/c1-3-12(2)11-19(16)7-8-20(17,18)14-6-4-5-13(9-14)10-15/h4-6,9,12H,3,7-8,11H2,1-2H3. The molecule has 1 aromatic rings. The van der Waals surface area contributed by atoms with Gasteiger partial charge in [0.2, 0.25) is 0 Å². The molecule has 0 aliphatic heterocycles. The zero-order valence-electron chi connectivity index (χ0n) is 11.7. The zero-order valence-corrected chi connectivity index (χ0v) is 13.3. The number of rotatable bonds is 7. The van der Waals surface area contributed by atoms with E-state index in [2.05, 4.69) is 0 Å². The zero-order chi connectivity index (χ0) is 15.2. The molecule has 4 nitrogen and oxygen atoms in total. The Morgan fingerprint density at radius 2 is 2.10 bits per heavy atom. The molecule has 0 fully saturated rings. The first-order valence-corrected chi connectivity index (χ1v) is 9.61. The monoisotopic (exact) mass is 313 g/mol. The minimum Gasteiger partial charge on any atom is -0.260 e. The van der Waals surface area contributed by atoms with Crippen LogP contribution in [0, 0.1) is 17.2 Å². The number of nitrogens with zero attached hydrogens (tertiary/aromatic N) is 1. The Morgan fingerprint density at radius 1 is 1.40 bits per heavy atom. The Morgan fingerprint density at radius 3 is 2.70 bits per heavy atom. The van der Waals surface area contributed by atoms with Gasteiger partial charge in [-0.15, -0.1) is 0 Å². The number of nitriles is 1. The predicted octanol–water partition coefficient (Wildman–Crippen LogP) is 2.13. The van der Waals surface area contributed by atoms with Crippen molar-refractivity contribution in [1.82, 2.24) is 0 Å². The van der Waals surface area contributed by atoms with Gasteiger partial charge in [0, 0.05) is 22.3 Å². The lowest BCUT2D eigenvalue weighted by atomic mass is 10.2. The van der Waals surface area contributed by atoms with Gasteiger partial charge in [-0.05, 0) is 24.1 Å². The Bertz CT molecular complexity index is 618. The van der Waals surface area contributed by atoms with Crippen molar-refractivity contribution >= 4 is 20.6 Å². The van der Waals surface area contributed by atoms with Crippen LogP contribution in [-0.4, -0.2) is 29.9 Å². The molecule has 0 aliphatic rings. The topological polar surface area (TPSA) is 75.0 Å². The summed E-state index contributed by atoms with van der Waals surface area (Å²) in [6.07, 6.45) is 0.933. The molecule has 0 amide bonds. The van der Waals surface area contributed by atoms with Crippen LogP contribution in [0.2, 0.25) is 0 Å². The summed E-state index contributed by atoms with van der Waals surface area (Å²) >= 11 is 0. The van der Waals surface area contributed by atoms with Crippen LogP contribution in [0.15, 0.2) is 29.2 Å². The van der Waals surface area contributed by atoms with Crippen molar-refractivity contribution < 1.29 is 12.6 Å². The van der Waals surface area contributed by atoms with E-state index in [9.17, 15) is 12.6 Å². The molecule has 1 aromatic carbocycles. The molecule has 0 bridgehead atoms. The van der Waals surface area contributed by atoms with Gasteiger partial charge in [0.25, 0.3) is 0 Å². The predicted molar refractivity (Wildman–Crippen MR) is 80.5 cm³/mol. The average Bonchev–Trinajstić information content (AvgIpc) is 2.45. The number of sulfone groups is 1. The first kappa shape index (κ1) is 16.9. The lowest BCUT2D eigenvalue weighted by Gasteiger charge is -2.08. The SMILES string of the molecule is CCC(C)CS(=O)CCS(=O)(=O)c1cccc(C#N)c1. The second-order valence-corrected chi connectivity index (χ2v) is 8.51. The second kappa shape index (κ2) is 7.55. The van der Waals surface area contributed by atoms with Crippen LogP contribution >= 0.6 is 0 Å². The Labute approximate surface area is 123 Å². The number of hydrogen-bond donors (Lipinski definition) is 0. The first-order valence-electron chi connectivity index (χ1n) is 6.47. The van der Waals surface area contributed by atoms with Crippen molar-refractivity contribution in [3.8, 4) is 6.07 Å². The summed E-state index contributed by atoms with van der Waals surface area (Å²) in [5, 5.41) is 8.78. The van der Waals surface area contributed by atoms with Gasteiger partial charge in [-0.3, -0.25) is 4.21 Å². The third kappa shape index (κ3) is 5.06. The van der Waals surface area contributed by atoms with E-state index < -0.39 is 20.6 Å². The van der Waals surface area contributed by atoms with E-state index in [0.717, 1.165) is 6.42 Å². The van der Waals surface area contributed by atoms with E-state index in [4.69, 9.17) is 5.26 Å². The molecule has 0 radical (unpaired) electrons. The summed E-state index contributed by atoms with van der Waals surface area (Å²) < 4.78 is 36.0. The van der Waals surface area contributed by atoms with Crippen LogP contribution in [0.5, 0.6) is 0 Å². The molecule has 0 aliphatic carbocycles. The van der Waals surface area contributed by atoms with Crippen LogP contribution in [-0.2, 0) is 20.6 Å². The fourth-order valence-corrected chi connectivity index (χ4v) is 5.08. The van der Waals surface area contributed by atoms with Crippen LogP contribution < -0.4 is 0 Å². The third-order valence-corrected chi connectivity index (χ3v) is 6.64. The molecule has 0 aromatic heterocycles. The molecule has 0 spiro atoms. The fraction of sp³-hybridized carbons (Fsp3) is 0.500. The average molecular weight is 313 g/mol. The van der Waals surface area contributed by atoms with Crippen LogP contribution in [0.25, 0.3) is 0 Å². The second-order valence-electron chi connectivity index (χ2n) is 4.78. The van der Waals surface area contributed by atoms with Crippen molar-refractivity contribution in [3.05, 3.63) is 29.8 Å². The van der Waals surface area contributed by atoms with E-state index in [-0.39, 0.29) is 16.4 Å². The molecule has 6 heteroatoms. The molecular weight excluding hydrogens is 294 g/mol. The largest absolute Gasteiger partial charge is 0.260 e. The van der Waals surface area contributed by atoms with Gasteiger partial charge in [-0.1, -0.05) is 26.3 Å². The van der Waals surface area contributed by atoms with E-state index in [0.29, 0.717) is 17.2 Å². The van der Waals surface area contributed by atoms with Crippen molar-refractivity contribution in [2.24, 2.45) is 5.92 Å². The highest BCUT2D eigenvalue weighted by molar-refractivity contribution is 7.93. The normalized spacial score (nSPS) is 14.4. The maximum atomic E-state index is 12.1. The third-order valence-electron chi connectivity index (χ3n) is 3.07. The van der Waals surface area contributed by atoms with Gasteiger partial charge in [0.1, 0.15) is 0 Å². The first-order chi connectivity index (χ1) is 9.39. The summed E-state index contributed by atoms with van der Waals surface area (Å²) in [5.74, 6) is 0.860. The Balaban J connectivity index is 2.71. The van der Waals surface area contributed by atoms with Gasteiger partial charge < -0.3 is 0 Å². The molecule has 1 rings (SSSR count). The molecule has 0 heterocycles. The highest BCUT2D eigenvalue weighted by Gasteiger charge is 2.17. The lowest BCUT2D eigenvalue weighted by Crippen LogP contribution is -2.17. The smallest absolute Gasteiger partial charge is 0.179 e. The molecule has 0 saturated heterocycles. The molecule has 0 N–H and O–H groups in total. The van der Waals surface area contributed by atoms with E-state index in [1.807, 2.05) is 19.9 Å². The van der Waals surface area contributed by atoms with E-state index >= 15 is 0 Å². The number of hydrogen-bond acceptors (Lipinski definition) is 4. The highest BCUT2D eigenvalue weighted by atomic mass is 32.2. The lowest BCUT2D eigenvalue weighted by molar-refractivity contribution is 0.595. The molecule has 2 unspecified atom stereocenters. The molecule has 0 saturated carbocycles. The quantitative estimate of drug-likeness (QED) is 0.773. The number of benzene rings is 1. The van der Waals surface area contributed by atoms with Crippen molar-refractivity contribution in [1.29, 1.82) is 5.26 Å². The minimum absolute atomic E-state index is 0.122. The summed E-state index contributed by atoms with van der Waals surface area (Å²) in [5.41, 5.74) is 0.312. The molecule has 20 heavy (non-hydrogen) atoms. The van der Waals surface area contributed by atoms with E-state index in [1.165, 1.54) is 12.1 Å². The van der Waals surface area contributed by atoms with Gasteiger partial charge in [-0.25, -0.2) is 8.42 Å². The van der Waals surface area contributed by atoms with Crippen molar-refractivity contribution in [2.45, 2.75) is 25.2 Å². The van der Waals surface area contributed by atoms with Crippen molar-refractivity contribution in [3.63, 3.8) is 0 Å². The van der Waals surface area contributed by atoms with Gasteiger partial charge in [-0.2, -0.15) is 5.26 Å². The van der Waals surface area contributed by atoms with Crippen LogP contribution in [0.4, 0.5) is 0 Å². The van der Waals surface area contributed by atoms with Gasteiger partial charge in [0.15, 0.2) is 9.84 Å². The van der Waals surface area contributed by atoms with Crippen LogP contribution in [0.3, 0.4) is 0 Å². The summed E-state index contributed by atoms with van der Waals surface area (Å²) in [4.78, 5) is 0.122. The van der Waals surface area contributed by atoms with Gasteiger partial charge in [0.05, 0.1) is 22.3 Å².